The smallest absolute Gasteiger partial charge is 0.308 e. The summed E-state index contributed by atoms with van der Waals surface area (Å²) in [5, 5.41) is 9.62. The maximum absolute atomic E-state index is 10.6. The molecule has 2 aromatic heterocycles. The Morgan fingerprint density at radius 1 is 1.56 bits per heavy atom. The van der Waals surface area contributed by atoms with Crippen molar-refractivity contribution in [2.45, 2.75) is 6.42 Å². The Morgan fingerprint density at radius 3 is 3.00 bits per heavy atom. The highest BCUT2D eigenvalue weighted by Gasteiger charge is 2.13. The molecular weight excluding hydrogens is 248 g/mol. The van der Waals surface area contributed by atoms with Gasteiger partial charge in [0.05, 0.1) is 11.3 Å². The molecule has 2 rings (SSSR count). The van der Waals surface area contributed by atoms with Gasteiger partial charge in [0.2, 0.25) is 0 Å². The molecule has 0 aromatic carbocycles. The van der Waals surface area contributed by atoms with Gasteiger partial charge in [-0.3, -0.25) is 9.78 Å². The lowest BCUT2D eigenvalue weighted by atomic mass is 10.3. The van der Waals surface area contributed by atoms with E-state index in [2.05, 4.69) is 9.97 Å². The molecule has 0 fully saturated rings. The number of nitrogens with zero attached hydrogens (tertiary/aromatic N) is 2. The molecular formula is C10H7ClN2O2S. The molecule has 0 atom stereocenters. The molecule has 0 aliphatic carbocycles. The largest absolute Gasteiger partial charge is 0.481 e. The highest BCUT2D eigenvalue weighted by Crippen LogP contribution is 2.30. The lowest BCUT2D eigenvalue weighted by Crippen LogP contribution is -1.97. The molecule has 0 radical (unpaired) electrons. The SMILES string of the molecule is O=C(O)Cc1sc(-c2cccnc2)nc1Cl. The first kappa shape index (κ1) is 11.0. The lowest BCUT2D eigenvalue weighted by Gasteiger charge is -1.92. The van der Waals surface area contributed by atoms with E-state index in [-0.39, 0.29) is 11.6 Å². The van der Waals surface area contributed by atoms with Crippen LogP contribution in [0.15, 0.2) is 24.5 Å². The number of aromatic nitrogens is 2. The molecule has 6 heteroatoms. The summed E-state index contributed by atoms with van der Waals surface area (Å²) >= 11 is 7.13. The molecule has 0 spiro atoms. The number of aliphatic carboxylic acids is 1. The van der Waals surface area contributed by atoms with Crippen LogP contribution in [0.4, 0.5) is 0 Å². The van der Waals surface area contributed by atoms with E-state index in [1.165, 1.54) is 11.3 Å². The molecule has 2 heterocycles. The van der Waals surface area contributed by atoms with Gasteiger partial charge in [-0.1, -0.05) is 11.6 Å². The average molecular weight is 255 g/mol. The minimum atomic E-state index is -0.914. The number of carboxylic acids is 1. The number of thiazole rings is 1. The molecule has 1 N–H and O–H groups in total. The van der Waals surface area contributed by atoms with E-state index in [1.54, 1.807) is 18.5 Å². The van der Waals surface area contributed by atoms with Gasteiger partial charge in [0, 0.05) is 18.0 Å². The first-order valence-corrected chi connectivity index (χ1v) is 5.63. The summed E-state index contributed by atoms with van der Waals surface area (Å²) in [6, 6.07) is 3.65. The number of hydrogen-bond acceptors (Lipinski definition) is 4. The summed E-state index contributed by atoms with van der Waals surface area (Å²) < 4.78 is 0. The molecule has 0 amide bonds. The molecule has 0 saturated carbocycles. The van der Waals surface area contributed by atoms with Crippen LogP contribution in [0.2, 0.25) is 5.15 Å². The molecule has 0 saturated heterocycles. The van der Waals surface area contributed by atoms with Gasteiger partial charge >= 0.3 is 5.97 Å². The number of carboxylic acid groups (broad SMARTS) is 1. The zero-order valence-electron chi connectivity index (χ0n) is 8.05. The normalized spacial score (nSPS) is 10.3. The van der Waals surface area contributed by atoms with Crippen LogP contribution in [0, 0.1) is 0 Å². The van der Waals surface area contributed by atoms with E-state index >= 15 is 0 Å². The van der Waals surface area contributed by atoms with E-state index in [1.807, 2.05) is 6.07 Å². The number of rotatable bonds is 3. The Bertz CT molecular complexity index is 513. The predicted octanol–water partition coefficient (Wildman–Crippen LogP) is 2.49. The molecule has 82 valence electrons. The molecule has 16 heavy (non-hydrogen) atoms. The number of carbonyl (C=O) groups is 1. The second-order valence-electron chi connectivity index (χ2n) is 3.05. The quantitative estimate of drug-likeness (QED) is 0.914. The van der Waals surface area contributed by atoms with Crippen molar-refractivity contribution in [3.8, 4) is 10.6 Å². The zero-order chi connectivity index (χ0) is 11.5. The van der Waals surface area contributed by atoms with Gasteiger partial charge in [0.1, 0.15) is 10.2 Å². The van der Waals surface area contributed by atoms with Gasteiger partial charge in [-0.05, 0) is 12.1 Å². The van der Waals surface area contributed by atoms with E-state index in [0.29, 0.717) is 9.88 Å². The first-order chi connectivity index (χ1) is 7.66. The van der Waals surface area contributed by atoms with Crippen LogP contribution in [-0.4, -0.2) is 21.0 Å². The summed E-state index contributed by atoms with van der Waals surface area (Å²) in [5.41, 5.74) is 0.839. The van der Waals surface area contributed by atoms with Crippen LogP contribution in [0.1, 0.15) is 4.88 Å². The topological polar surface area (TPSA) is 63.1 Å². The van der Waals surface area contributed by atoms with Crippen LogP contribution >= 0.6 is 22.9 Å². The third kappa shape index (κ3) is 2.37. The maximum atomic E-state index is 10.6. The summed E-state index contributed by atoms with van der Waals surface area (Å²) in [4.78, 5) is 19.2. The van der Waals surface area contributed by atoms with Crippen molar-refractivity contribution in [1.82, 2.24) is 9.97 Å². The van der Waals surface area contributed by atoms with E-state index in [4.69, 9.17) is 16.7 Å². The second kappa shape index (κ2) is 4.59. The van der Waals surface area contributed by atoms with Crippen molar-refractivity contribution in [1.29, 1.82) is 0 Å². The van der Waals surface area contributed by atoms with Crippen molar-refractivity contribution in [3.05, 3.63) is 34.6 Å². The van der Waals surface area contributed by atoms with Crippen LogP contribution < -0.4 is 0 Å². The van der Waals surface area contributed by atoms with Gasteiger partial charge in [0.25, 0.3) is 0 Å². The Kier molecular flexibility index (Phi) is 3.17. The predicted molar refractivity (Wildman–Crippen MR) is 61.7 cm³/mol. The fourth-order valence-electron chi connectivity index (χ4n) is 1.19. The molecule has 0 aliphatic rings. The Balaban J connectivity index is 2.34. The van der Waals surface area contributed by atoms with Crippen molar-refractivity contribution < 1.29 is 9.90 Å². The third-order valence-electron chi connectivity index (χ3n) is 1.87. The van der Waals surface area contributed by atoms with Crippen LogP contribution in [-0.2, 0) is 11.2 Å². The first-order valence-electron chi connectivity index (χ1n) is 4.44. The molecule has 2 aromatic rings. The Labute approximate surface area is 101 Å². The van der Waals surface area contributed by atoms with Crippen molar-refractivity contribution >= 4 is 28.9 Å². The van der Waals surface area contributed by atoms with Crippen LogP contribution in [0.25, 0.3) is 10.6 Å². The fourth-order valence-corrected chi connectivity index (χ4v) is 2.44. The molecule has 0 unspecified atom stereocenters. The second-order valence-corrected chi connectivity index (χ2v) is 4.49. The minimum absolute atomic E-state index is 0.100. The monoisotopic (exact) mass is 254 g/mol. The lowest BCUT2D eigenvalue weighted by molar-refractivity contribution is -0.136. The van der Waals surface area contributed by atoms with Gasteiger partial charge < -0.3 is 5.11 Å². The number of pyridine rings is 1. The van der Waals surface area contributed by atoms with Crippen molar-refractivity contribution in [2.75, 3.05) is 0 Å². The fraction of sp³-hybridized carbons (Fsp3) is 0.100. The maximum Gasteiger partial charge on any atom is 0.308 e. The Hall–Kier alpha value is -1.46. The average Bonchev–Trinajstić information content (AvgIpc) is 2.61. The highest BCUT2D eigenvalue weighted by atomic mass is 35.5. The summed E-state index contributed by atoms with van der Waals surface area (Å²) in [6.45, 7) is 0. The summed E-state index contributed by atoms with van der Waals surface area (Å²) in [6.07, 6.45) is 3.23. The van der Waals surface area contributed by atoms with Crippen molar-refractivity contribution in [3.63, 3.8) is 0 Å². The minimum Gasteiger partial charge on any atom is -0.481 e. The summed E-state index contributed by atoms with van der Waals surface area (Å²) in [5.74, 6) is -0.914. The van der Waals surface area contributed by atoms with Gasteiger partial charge in [-0.25, -0.2) is 4.98 Å². The highest BCUT2D eigenvalue weighted by molar-refractivity contribution is 7.15. The standard InChI is InChI=1S/C10H7ClN2O2S/c11-9-7(4-8(14)15)16-10(13-9)6-2-1-3-12-5-6/h1-3,5H,4H2,(H,14,15). The van der Waals surface area contributed by atoms with E-state index in [9.17, 15) is 4.79 Å². The molecule has 4 nitrogen and oxygen atoms in total. The van der Waals surface area contributed by atoms with Crippen LogP contribution in [0.3, 0.4) is 0 Å². The zero-order valence-corrected chi connectivity index (χ0v) is 9.63. The van der Waals surface area contributed by atoms with E-state index in [0.717, 1.165) is 5.56 Å². The van der Waals surface area contributed by atoms with E-state index < -0.39 is 5.97 Å². The van der Waals surface area contributed by atoms with Gasteiger partial charge in [0.15, 0.2) is 0 Å². The van der Waals surface area contributed by atoms with Gasteiger partial charge in [-0.2, -0.15) is 0 Å². The van der Waals surface area contributed by atoms with Crippen molar-refractivity contribution in [2.24, 2.45) is 0 Å². The Morgan fingerprint density at radius 2 is 2.38 bits per heavy atom. The molecule has 0 aliphatic heterocycles. The van der Waals surface area contributed by atoms with Gasteiger partial charge in [-0.15, -0.1) is 11.3 Å². The molecule has 0 bridgehead atoms. The van der Waals surface area contributed by atoms with Crippen LogP contribution in [0.5, 0.6) is 0 Å². The number of halogens is 1. The summed E-state index contributed by atoms with van der Waals surface area (Å²) in [7, 11) is 0. The number of hydrogen-bond donors (Lipinski definition) is 1. The third-order valence-corrected chi connectivity index (χ3v) is 3.40.